The largest absolute Gasteiger partial charge is 0.503 e. The van der Waals surface area contributed by atoms with Crippen LogP contribution in [0.5, 0.6) is 0 Å². The molecule has 0 saturated heterocycles. The Morgan fingerprint density at radius 3 is 1.57 bits per heavy atom. The summed E-state index contributed by atoms with van der Waals surface area (Å²) in [5.41, 5.74) is 0. The maximum atomic E-state index is 9.43. The van der Waals surface area contributed by atoms with Crippen LogP contribution >= 0.6 is 0 Å². The van der Waals surface area contributed by atoms with Crippen LogP contribution in [0.4, 0.5) is 4.79 Å². The molecule has 7 nitrogen and oxygen atoms in total. The third-order valence-electron chi connectivity index (χ3n) is 0.475. The van der Waals surface area contributed by atoms with Gasteiger partial charge in [0.05, 0.1) is 12.7 Å². The van der Waals surface area contributed by atoms with E-state index in [-0.39, 0.29) is 6.61 Å². The average molecular weight is 211 g/mol. The fourth-order valence-corrected chi connectivity index (χ4v) is 0. The van der Waals surface area contributed by atoms with Crippen molar-refractivity contribution in [1.29, 1.82) is 0 Å². The topological polar surface area (TPSA) is 118 Å². The molecule has 1 unspecified atom stereocenters. The normalized spacial score (nSPS) is 9.50. The molecule has 0 aliphatic heterocycles. The van der Waals surface area contributed by atoms with E-state index < -0.39 is 12.3 Å². The molecule has 0 bridgehead atoms. The number of amides is 1. The third kappa shape index (κ3) is 141. The maximum absolute atomic E-state index is 9.43. The third-order valence-corrected chi connectivity index (χ3v) is 0.475. The summed E-state index contributed by atoms with van der Waals surface area (Å²) in [7, 11) is 3.38. The Morgan fingerprint density at radius 1 is 1.43 bits per heavy atom. The summed E-state index contributed by atoms with van der Waals surface area (Å²) in [6.45, 7) is 1.39. The summed E-state index contributed by atoms with van der Waals surface area (Å²) in [6.07, 6.45) is -1.64. The summed E-state index contributed by atoms with van der Waals surface area (Å²) < 4.78 is 0. The predicted molar refractivity (Wildman–Crippen MR) is 49.2 cm³/mol. The second kappa shape index (κ2) is 14.2. The molecule has 0 spiro atoms. The minimum atomic E-state index is -1.83. The zero-order chi connectivity index (χ0) is 12.1. The molecule has 0 saturated carbocycles. The standard InChI is InChI=1S/C3H7NO.C3H8O2.CH2O3/c1-4(2)3-5;1-3(5)2-4;2-1(3)4/h3H,1-2H3;3-5H,2H2,1H3;(H2,2,3,4). The van der Waals surface area contributed by atoms with E-state index in [0.717, 1.165) is 6.41 Å². The van der Waals surface area contributed by atoms with Gasteiger partial charge in [-0.1, -0.05) is 0 Å². The van der Waals surface area contributed by atoms with Crippen LogP contribution < -0.4 is 0 Å². The number of rotatable bonds is 2. The molecule has 0 aromatic carbocycles. The van der Waals surface area contributed by atoms with Crippen LogP contribution in [-0.4, -0.2) is 64.7 Å². The van der Waals surface area contributed by atoms with Gasteiger partial charge in [0.1, 0.15) is 0 Å². The first-order valence-electron chi connectivity index (χ1n) is 3.60. The lowest BCUT2D eigenvalue weighted by atomic mass is 10.5. The van der Waals surface area contributed by atoms with E-state index in [1.165, 1.54) is 11.8 Å². The van der Waals surface area contributed by atoms with Gasteiger partial charge >= 0.3 is 6.16 Å². The highest BCUT2D eigenvalue weighted by Gasteiger charge is 1.83. The van der Waals surface area contributed by atoms with Crippen molar-refractivity contribution in [2.75, 3.05) is 20.7 Å². The summed E-state index contributed by atoms with van der Waals surface area (Å²) in [5, 5.41) is 29.9. The zero-order valence-corrected chi connectivity index (χ0v) is 8.41. The fourth-order valence-electron chi connectivity index (χ4n) is 0. The van der Waals surface area contributed by atoms with Crippen LogP contribution in [0.25, 0.3) is 0 Å². The molecule has 1 amide bonds. The van der Waals surface area contributed by atoms with Crippen molar-refractivity contribution >= 4 is 12.6 Å². The summed E-state index contributed by atoms with van der Waals surface area (Å²) in [6, 6.07) is 0. The van der Waals surface area contributed by atoms with E-state index in [9.17, 15) is 4.79 Å². The maximum Gasteiger partial charge on any atom is 0.503 e. The number of carbonyl (C=O) groups is 2. The highest BCUT2D eigenvalue weighted by molar-refractivity contribution is 5.53. The van der Waals surface area contributed by atoms with Gasteiger partial charge in [-0.15, -0.1) is 0 Å². The van der Waals surface area contributed by atoms with Gasteiger partial charge in [-0.2, -0.15) is 0 Å². The van der Waals surface area contributed by atoms with Crippen LogP contribution in [0.3, 0.4) is 0 Å². The first-order valence-corrected chi connectivity index (χ1v) is 3.60. The second-order valence-corrected chi connectivity index (χ2v) is 2.38. The van der Waals surface area contributed by atoms with Crippen molar-refractivity contribution in [3.8, 4) is 0 Å². The predicted octanol–water partition coefficient (Wildman–Crippen LogP) is -0.714. The van der Waals surface area contributed by atoms with Gasteiger partial charge in [-0.25, -0.2) is 4.79 Å². The molecule has 7 heteroatoms. The van der Waals surface area contributed by atoms with Gasteiger partial charge in [0.2, 0.25) is 6.41 Å². The Bertz CT molecular complexity index is 132. The fraction of sp³-hybridized carbons (Fsp3) is 0.714. The molecule has 1 atom stereocenters. The van der Waals surface area contributed by atoms with Gasteiger partial charge in [0.25, 0.3) is 0 Å². The zero-order valence-electron chi connectivity index (χ0n) is 8.41. The Balaban J connectivity index is -0.000000131. The minimum absolute atomic E-state index is 0.139. The van der Waals surface area contributed by atoms with Gasteiger partial charge in [0, 0.05) is 14.1 Å². The number of aliphatic hydroxyl groups excluding tert-OH is 2. The van der Waals surface area contributed by atoms with E-state index in [4.69, 9.17) is 25.2 Å². The smallest absolute Gasteiger partial charge is 0.450 e. The van der Waals surface area contributed by atoms with E-state index in [1.54, 1.807) is 14.1 Å². The molecule has 0 radical (unpaired) electrons. The van der Waals surface area contributed by atoms with Crippen LogP contribution in [0.1, 0.15) is 6.92 Å². The minimum Gasteiger partial charge on any atom is -0.450 e. The molecule has 0 aliphatic carbocycles. The molecule has 0 fully saturated rings. The van der Waals surface area contributed by atoms with Gasteiger partial charge in [0.15, 0.2) is 0 Å². The molecule has 0 rings (SSSR count). The van der Waals surface area contributed by atoms with Crippen LogP contribution in [0, 0.1) is 0 Å². The van der Waals surface area contributed by atoms with Gasteiger partial charge < -0.3 is 25.3 Å². The first-order chi connectivity index (χ1) is 6.27. The molecule has 86 valence electrons. The van der Waals surface area contributed by atoms with Crippen molar-refractivity contribution in [2.24, 2.45) is 0 Å². The number of hydrogen-bond donors (Lipinski definition) is 4. The molecule has 0 heterocycles. The summed E-state index contributed by atoms with van der Waals surface area (Å²) >= 11 is 0. The molecular weight excluding hydrogens is 194 g/mol. The van der Waals surface area contributed by atoms with Crippen LogP contribution in [0.15, 0.2) is 0 Å². The van der Waals surface area contributed by atoms with Crippen LogP contribution in [0.2, 0.25) is 0 Å². The lowest BCUT2D eigenvalue weighted by Crippen LogP contribution is -2.06. The monoisotopic (exact) mass is 211 g/mol. The van der Waals surface area contributed by atoms with Crippen molar-refractivity contribution in [1.82, 2.24) is 4.90 Å². The average Bonchev–Trinajstić information content (AvgIpc) is 2.04. The quantitative estimate of drug-likeness (QED) is 0.448. The number of carbonyl (C=O) groups excluding carboxylic acids is 1. The molecule has 14 heavy (non-hydrogen) atoms. The summed E-state index contributed by atoms with van der Waals surface area (Å²) in [4.78, 5) is 19.4. The van der Waals surface area contributed by atoms with E-state index >= 15 is 0 Å². The Labute approximate surface area is 82.2 Å². The van der Waals surface area contributed by atoms with Crippen molar-refractivity contribution in [3.05, 3.63) is 0 Å². The van der Waals surface area contributed by atoms with E-state index in [2.05, 4.69) is 0 Å². The number of aliphatic hydroxyl groups is 2. The molecule has 0 aromatic heterocycles. The van der Waals surface area contributed by atoms with Gasteiger partial charge in [-0.05, 0) is 6.92 Å². The molecular formula is C7H17NO6. The Hall–Kier alpha value is -1.34. The molecule has 0 aromatic rings. The Morgan fingerprint density at radius 2 is 1.57 bits per heavy atom. The number of carboxylic acid groups (broad SMARTS) is 2. The van der Waals surface area contributed by atoms with Gasteiger partial charge in [-0.3, -0.25) is 4.79 Å². The lowest BCUT2D eigenvalue weighted by molar-refractivity contribution is -0.115. The van der Waals surface area contributed by atoms with Crippen LogP contribution in [-0.2, 0) is 4.79 Å². The van der Waals surface area contributed by atoms with Crippen molar-refractivity contribution in [3.63, 3.8) is 0 Å². The second-order valence-electron chi connectivity index (χ2n) is 2.38. The SMILES string of the molecule is CC(O)CO.CN(C)C=O.O=C(O)O. The number of nitrogens with zero attached hydrogens (tertiary/aromatic N) is 1. The van der Waals surface area contributed by atoms with Crippen molar-refractivity contribution in [2.45, 2.75) is 13.0 Å². The van der Waals surface area contributed by atoms with Crippen molar-refractivity contribution < 1.29 is 30.0 Å². The first kappa shape index (κ1) is 18.4. The highest BCUT2D eigenvalue weighted by atomic mass is 16.6. The van der Waals surface area contributed by atoms with E-state index in [0.29, 0.717) is 0 Å². The highest BCUT2D eigenvalue weighted by Crippen LogP contribution is 1.68. The molecule has 0 aliphatic rings. The summed E-state index contributed by atoms with van der Waals surface area (Å²) in [5.74, 6) is 0. The Kier molecular flexibility index (Phi) is 18.7. The molecule has 4 N–H and O–H groups in total. The van der Waals surface area contributed by atoms with E-state index in [1.807, 2.05) is 0 Å². The number of hydrogen-bond acceptors (Lipinski definition) is 4. The lowest BCUT2D eigenvalue weighted by Gasteiger charge is -1.93.